The molecule has 0 heterocycles. The molecule has 106 valence electrons. The van der Waals surface area contributed by atoms with Gasteiger partial charge in [-0.3, -0.25) is 0 Å². The van der Waals surface area contributed by atoms with Crippen molar-refractivity contribution in [1.82, 2.24) is 0 Å². The average Bonchev–Trinajstić information content (AvgIpc) is 2.47. The molecular formula is C12H22O6. The summed E-state index contributed by atoms with van der Waals surface area (Å²) in [6.45, 7) is 0.755. The topological polar surface area (TPSA) is 99.4 Å². The highest BCUT2D eigenvalue weighted by molar-refractivity contribution is 4.85. The van der Waals surface area contributed by atoms with Gasteiger partial charge in [-0.25, -0.2) is 0 Å². The SMILES string of the molecule is [2H]C=CCO[C@@H]([C@H](OCC=C[2H])[C@H](O)CO)[C@H](O)CO. The second kappa shape index (κ2) is 10.2. The van der Waals surface area contributed by atoms with Crippen molar-refractivity contribution < 1.29 is 32.6 Å². The molecule has 0 aliphatic heterocycles. The summed E-state index contributed by atoms with van der Waals surface area (Å²) >= 11 is 0. The second-order valence-electron chi connectivity index (χ2n) is 3.57. The Hall–Kier alpha value is -0.760. The molecule has 0 unspecified atom stereocenters. The Balaban J connectivity index is 4.85. The van der Waals surface area contributed by atoms with Gasteiger partial charge in [-0.05, 0) is 0 Å². The van der Waals surface area contributed by atoms with E-state index in [1.165, 1.54) is 12.2 Å². The van der Waals surface area contributed by atoms with Gasteiger partial charge < -0.3 is 29.9 Å². The van der Waals surface area contributed by atoms with E-state index in [1.54, 1.807) is 0 Å². The third kappa shape index (κ3) is 5.72. The molecule has 0 saturated heterocycles. The average molecular weight is 264 g/mol. The summed E-state index contributed by atoms with van der Waals surface area (Å²) in [5, 5.41) is 37.4. The predicted molar refractivity (Wildman–Crippen MR) is 66.1 cm³/mol. The maximum absolute atomic E-state index is 9.71. The molecule has 0 aliphatic carbocycles. The highest BCUT2D eigenvalue weighted by atomic mass is 16.6. The lowest BCUT2D eigenvalue weighted by atomic mass is 10.0. The van der Waals surface area contributed by atoms with Crippen LogP contribution in [0.2, 0.25) is 0 Å². The highest BCUT2D eigenvalue weighted by Gasteiger charge is 2.34. The number of aliphatic hydroxyl groups excluding tert-OH is 4. The van der Waals surface area contributed by atoms with Gasteiger partial charge in [0.2, 0.25) is 0 Å². The molecule has 0 spiro atoms. The van der Waals surface area contributed by atoms with Crippen LogP contribution >= 0.6 is 0 Å². The third-order valence-electron chi connectivity index (χ3n) is 2.23. The monoisotopic (exact) mass is 264 g/mol. The highest BCUT2D eigenvalue weighted by Crippen LogP contribution is 2.14. The Morgan fingerprint density at radius 2 is 1.33 bits per heavy atom. The molecule has 6 nitrogen and oxygen atoms in total. The molecule has 6 heteroatoms. The van der Waals surface area contributed by atoms with E-state index >= 15 is 0 Å². The van der Waals surface area contributed by atoms with Crippen molar-refractivity contribution in [2.45, 2.75) is 24.4 Å². The van der Waals surface area contributed by atoms with Crippen molar-refractivity contribution >= 4 is 0 Å². The number of hydrogen-bond acceptors (Lipinski definition) is 6. The fraction of sp³-hybridized carbons (Fsp3) is 0.667. The van der Waals surface area contributed by atoms with E-state index in [-0.39, 0.29) is 13.2 Å². The van der Waals surface area contributed by atoms with Crippen LogP contribution in [0.15, 0.2) is 25.3 Å². The van der Waals surface area contributed by atoms with E-state index in [9.17, 15) is 10.2 Å². The van der Waals surface area contributed by atoms with E-state index in [2.05, 4.69) is 0 Å². The first-order chi connectivity index (χ1) is 9.62. The molecule has 18 heavy (non-hydrogen) atoms. The van der Waals surface area contributed by atoms with Crippen molar-refractivity contribution in [2.24, 2.45) is 0 Å². The molecular weight excluding hydrogens is 240 g/mol. The van der Waals surface area contributed by atoms with Crippen LogP contribution in [0.4, 0.5) is 0 Å². The van der Waals surface area contributed by atoms with E-state index in [4.69, 9.17) is 22.4 Å². The minimum absolute atomic E-state index is 0.0164. The van der Waals surface area contributed by atoms with Crippen LogP contribution in [0.3, 0.4) is 0 Å². The van der Waals surface area contributed by atoms with E-state index in [1.807, 2.05) is 0 Å². The summed E-state index contributed by atoms with van der Waals surface area (Å²) in [4.78, 5) is 0. The molecule has 0 fully saturated rings. The Morgan fingerprint density at radius 1 is 0.944 bits per heavy atom. The van der Waals surface area contributed by atoms with Crippen molar-refractivity contribution in [3.05, 3.63) is 25.3 Å². The Bertz CT molecular complexity index is 259. The molecule has 0 radical (unpaired) electrons. The standard InChI is InChI=1S/C12H22O6/c1-3-5-17-11(9(15)7-13)12(10(16)8-14)18-6-4-2/h3-4,9-16H,1-2,5-8H2/t9-,10-,11-,12-/m1/s1/i1D,2D. The first-order valence-electron chi connectivity index (χ1n) is 6.65. The van der Waals surface area contributed by atoms with Gasteiger partial charge in [-0.1, -0.05) is 12.2 Å². The Kier molecular flexibility index (Phi) is 7.74. The Labute approximate surface area is 110 Å². The van der Waals surface area contributed by atoms with Gasteiger partial charge >= 0.3 is 0 Å². The van der Waals surface area contributed by atoms with Gasteiger partial charge in [-0.2, -0.15) is 0 Å². The van der Waals surface area contributed by atoms with Crippen LogP contribution in [-0.4, -0.2) is 71.3 Å². The van der Waals surface area contributed by atoms with Crippen molar-refractivity contribution in [3.63, 3.8) is 0 Å². The number of hydrogen-bond donors (Lipinski definition) is 4. The number of rotatable bonds is 11. The van der Waals surface area contributed by atoms with Crippen LogP contribution < -0.4 is 0 Å². The van der Waals surface area contributed by atoms with E-state index < -0.39 is 37.6 Å². The van der Waals surface area contributed by atoms with Crippen LogP contribution in [0.1, 0.15) is 2.74 Å². The van der Waals surface area contributed by atoms with E-state index in [0.717, 1.165) is 13.1 Å². The molecule has 0 saturated carbocycles. The third-order valence-corrected chi connectivity index (χ3v) is 2.23. The van der Waals surface area contributed by atoms with Gasteiger partial charge in [-0.15, -0.1) is 13.1 Å². The molecule has 4 N–H and O–H groups in total. The van der Waals surface area contributed by atoms with Crippen LogP contribution in [-0.2, 0) is 9.47 Å². The fourth-order valence-electron chi connectivity index (χ4n) is 1.39. The lowest BCUT2D eigenvalue weighted by molar-refractivity contribution is -0.161. The maximum Gasteiger partial charge on any atom is 0.115 e. The molecule has 4 atom stereocenters. The Morgan fingerprint density at radius 3 is 1.61 bits per heavy atom. The van der Waals surface area contributed by atoms with Gasteiger partial charge in [0.15, 0.2) is 0 Å². The largest absolute Gasteiger partial charge is 0.394 e. The quantitative estimate of drug-likeness (QED) is 0.351. The minimum Gasteiger partial charge on any atom is -0.394 e. The predicted octanol–water partition coefficient (Wildman–Crippen LogP) is -1.16. The van der Waals surface area contributed by atoms with Crippen LogP contribution in [0.25, 0.3) is 0 Å². The normalized spacial score (nSPS) is 20.7. The van der Waals surface area contributed by atoms with Gasteiger partial charge in [0.05, 0.1) is 29.2 Å². The van der Waals surface area contributed by atoms with Crippen molar-refractivity contribution in [2.75, 3.05) is 26.4 Å². The summed E-state index contributed by atoms with van der Waals surface area (Å²) in [5.74, 6) is 0. The summed E-state index contributed by atoms with van der Waals surface area (Å²) in [6, 6.07) is 0. The lowest BCUT2D eigenvalue weighted by Crippen LogP contribution is -2.50. The molecule has 0 bridgehead atoms. The smallest absolute Gasteiger partial charge is 0.115 e. The number of aliphatic hydroxyl groups is 4. The summed E-state index contributed by atoms with van der Waals surface area (Å²) in [6.07, 6.45) is -2.08. The zero-order valence-electron chi connectivity index (χ0n) is 12.1. The zero-order valence-corrected chi connectivity index (χ0v) is 10.1. The van der Waals surface area contributed by atoms with Gasteiger partial charge in [0, 0.05) is 0 Å². The molecule has 0 amide bonds. The van der Waals surface area contributed by atoms with Crippen molar-refractivity contribution in [1.29, 1.82) is 0 Å². The number of ether oxygens (including phenoxy) is 2. The second-order valence-corrected chi connectivity index (χ2v) is 3.57. The first-order valence-corrected chi connectivity index (χ1v) is 5.50. The van der Waals surface area contributed by atoms with Crippen molar-refractivity contribution in [3.8, 4) is 0 Å². The van der Waals surface area contributed by atoms with Gasteiger partial charge in [0.25, 0.3) is 0 Å². The van der Waals surface area contributed by atoms with Crippen LogP contribution in [0, 0.1) is 0 Å². The zero-order chi connectivity index (χ0) is 15.4. The summed E-state index contributed by atoms with van der Waals surface area (Å²) < 4.78 is 24.2. The summed E-state index contributed by atoms with van der Waals surface area (Å²) in [7, 11) is 0. The fourth-order valence-corrected chi connectivity index (χ4v) is 1.39. The van der Waals surface area contributed by atoms with Crippen LogP contribution in [0.5, 0.6) is 0 Å². The van der Waals surface area contributed by atoms with Gasteiger partial charge in [0.1, 0.15) is 24.4 Å². The molecule has 0 aromatic rings. The lowest BCUT2D eigenvalue weighted by Gasteiger charge is -2.32. The molecule has 0 aromatic heterocycles. The maximum atomic E-state index is 9.71. The molecule has 0 rings (SSSR count). The van der Waals surface area contributed by atoms with E-state index in [0.29, 0.717) is 0 Å². The molecule has 0 aliphatic rings. The first kappa shape index (κ1) is 13.7. The summed E-state index contributed by atoms with van der Waals surface area (Å²) in [5.41, 5.74) is 0. The minimum atomic E-state index is -1.32. The molecule has 0 aromatic carbocycles.